The van der Waals surface area contributed by atoms with Crippen molar-refractivity contribution in [2.75, 3.05) is 23.3 Å². The summed E-state index contributed by atoms with van der Waals surface area (Å²) >= 11 is 6.48. The number of halogens is 4. The number of benzene rings is 1. The molecule has 4 aromatic rings. The maximum atomic E-state index is 15.5. The van der Waals surface area contributed by atoms with E-state index in [4.69, 9.17) is 11.6 Å². The lowest BCUT2D eigenvalue weighted by atomic mass is 9.61. The number of carbonyl (C=O) groups is 1. The molecule has 4 heterocycles. The molecule has 3 aromatic heterocycles. The van der Waals surface area contributed by atoms with Crippen molar-refractivity contribution in [3.05, 3.63) is 35.6 Å². The number of nitrogens with one attached hydrogen (secondary N) is 2. The number of imidazole rings is 1. The van der Waals surface area contributed by atoms with Gasteiger partial charge >= 0.3 is 0 Å². The Balaban J connectivity index is 1.43. The van der Waals surface area contributed by atoms with E-state index in [1.165, 1.54) is 12.4 Å². The van der Waals surface area contributed by atoms with Crippen LogP contribution in [0.4, 0.5) is 24.7 Å². The molecule has 2 aliphatic rings. The number of hydrogen-bond donors (Lipinski definition) is 2. The van der Waals surface area contributed by atoms with Gasteiger partial charge in [-0.3, -0.25) is 14.9 Å². The van der Waals surface area contributed by atoms with Gasteiger partial charge in [0.15, 0.2) is 17.3 Å². The molecule has 164 valence electrons. The summed E-state index contributed by atoms with van der Waals surface area (Å²) < 4.78 is 43.9. The molecule has 1 aliphatic heterocycles. The molecule has 0 unspecified atom stereocenters. The summed E-state index contributed by atoms with van der Waals surface area (Å²) in [6, 6.07) is 0. The van der Waals surface area contributed by atoms with Crippen molar-refractivity contribution >= 4 is 46.1 Å². The van der Waals surface area contributed by atoms with Gasteiger partial charge in [0, 0.05) is 48.5 Å². The van der Waals surface area contributed by atoms with E-state index in [0.29, 0.717) is 53.1 Å². The number of aromatic amines is 1. The predicted molar refractivity (Wildman–Crippen MR) is 112 cm³/mol. The minimum atomic E-state index is -2.63. The van der Waals surface area contributed by atoms with Gasteiger partial charge in [0.25, 0.3) is 0 Å². The molecule has 1 saturated carbocycles. The minimum absolute atomic E-state index is 0.132. The lowest BCUT2D eigenvalue weighted by Crippen LogP contribution is -2.66. The van der Waals surface area contributed by atoms with E-state index in [-0.39, 0.29) is 23.6 Å². The van der Waals surface area contributed by atoms with Gasteiger partial charge < -0.3 is 14.6 Å². The number of fused-ring (bicyclic) bond motifs is 2. The molecule has 1 amide bonds. The molecule has 12 heteroatoms. The number of rotatable bonds is 4. The second kappa shape index (κ2) is 6.35. The van der Waals surface area contributed by atoms with E-state index in [1.54, 1.807) is 21.7 Å². The molecule has 1 aliphatic carbocycles. The van der Waals surface area contributed by atoms with Crippen LogP contribution in [-0.4, -0.2) is 50.0 Å². The van der Waals surface area contributed by atoms with Crippen LogP contribution >= 0.6 is 11.6 Å². The van der Waals surface area contributed by atoms with Crippen molar-refractivity contribution in [1.82, 2.24) is 24.6 Å². The maximum absolute atomic E-state index is 15.5. The fourth-order valence-corrected chi connectivity index (χ4v) is 5.28. The zero-order valence-corrected chi connectivity index (χ0v) is 17.1. The summed E-state index contributed by atoms with van der Waals surface area (Å²) in [4.78, 5) is 20.9. The first-order chi connectivity index (χ1) is 15.3. The van der Waals surface area contributed by atoms with Crippen molar-refractivity contribution in [3.8, 4) is 11.3 Å². The Hall–Kier alpha value is -3.34. The number of aromatic nitrogens is 5. The first kappa shape index (κ1) is 19.4. The Morgan fingerprint density at radius 3 is 2.72 bits per heavy atom. The van der Waals surface area contributed by atoms with Crippen molar-refractivity contribution in [1.29, 1.82) is 0 Å². The first-order valence-electron chi connectivity index (χ1n) is 9.81. The van der Waals surface area contributed by atoms with Gasteiger partial charge in [0.05, 0.1) is 34.8 Å². The summed E-state index contributed by atoms with van der Waals surface area (Å²) in [7, 11) is 0. The Morgan fingerprint density at radius 2 is 2.00 bits per heavy atom. The molecule has 6 rings (SSSR count). The zero-order valence-electron chi connectivity index (χ0n) is 16.4. The lowest BCUT2D eigenvalue weighted by Gasteiger charge is -2.59. The molecule has 0 atom stereocenters. The third-order valence-corrected chi connectivity index (χ3v) is 6.56. The van der Waals surface area contributed by atoms with Gasteiger partial charge in [-0.15, -0.1) is 0 Å². The number of nitrogens with zero attached hydrogens (tertiary/aromatic N) is 5. The highest BCUT2D eigenvalue weighted by Crippen LogP contribution is 2.58. The molecule has 0 radical (unpaired) electrons. The zero-order chi connectivity index (χ0) is 22.3. The highest BCUT2D eigenvalue weighted by Gasteiger charge is 2.62. The van der Waals surface area contributed by atoms with Gasteiger partial charge in [0.1, 0.15) is 5.69 Å². The van der Waals surface area contributed by atoms with Crippen LogP contribution in [-0.2, 0) is 4.79 Å². The van der Waals surface area contributed by atoms with Crippen LogP contribution in [0.5, 0.6) is 0 Å². The smallest absolute Gasteiger partial charge is 0.249 e. The summed E-state index contributed by atoms with van der Waals surface area (Å²) in [6.07, 6.45) is 6.40. The molecule has 1 saturated heterocycles. The van der Waals surface area contributed by atoms with Gasteiger partial charge in [-0.05, 0) is 0 Å². The number of carbonyl (C=O) groups excluding carboxylic acids is 1. The summed E-state index contributed by atoms with van der Waals surface area (Å²) in [6.45, 7) is 0.685. The average Bonchev–Trinajstić information content (AvgIpc) is 3.32. The SMILES string of the molecule is O=CNc1cn2cc(-c3c(Cl)c(F)c(N4CC5(C4)CC(F)(F)C5)c4[nH]ncc34)ncc2n1. The van der Waals surface area contributed by atoms with E-state index in [9.17, 15) is 13.6 Å². The number of amides is 1. The van der Waals surface area contributed by atoms with Crippen LogP contribution < -0.4 is 10.2 Å². The van der Waals surface area contributed by atoms with Crippen LogP contribution in [0.3, 0.4) is 0 Å². The summed E-state index contributed by atoms with van der Waals surface area (Å²) in [5.41, 5.74) is 1.41. The second-order valence-corrected chi connectivity index (χ2v) is 8.88. The standard InChI is InChI=1S/C20H15ClF3N7O/c21-15-14(11-3-30-4-12(26-9-32)28-13(30)2-25-11)10-1-27-29-17(10)18(16(15)22)31-7-19(8-31)5-20(23,24)6-19/h1-4,9H,5-8H2,(H,26,32)(H,27,29). The number of H-pyrrole nitrogens is 1. The fourth-order valence-electron chi connectivity index (χ4n) is 4.99. The van der Waals surface area contributed by atoms with Crippen molar-refractivity contribution < 1.29 is 18.0 Å². The van der Waals surface area contributed by atoms with Gasteiger partial charge in [-0.25, -0.2) is 18.2 Å². The molecule has 32 heavy (non-hydrogen) atoms. The highest BCUT2D eigenvalue weighted by atomic mass is 35.5. The monoisotopic (exact) mass is 461 g/mol. The van der Waals surface area contributed by atoms with E-state index in [2.05, 4.69) is 25.5 Å². The van der Waals surface area contributed by atoms with E-state index < -0.39 is 17.2 Å². The molecular weight excluding hydrogens is 447 g/mol. The first-order valence-corrected chi connectivity index (χ1v) is 10.2. The maximum Gasteiger partial charge on any atom is 0.249 e. The second-order valence-electron chi connectivity index (χ2n) is 8.50. The Labute approximate surface area is 183 Å². The van der Waals surface area contributed by atoms with Crippen molar-refractivity contribution in [2.45, 2.75) is 18.8 Å². The molecule has 2 N–H and O–H groups in total. The average molecular weight is 462 g/mol. The quantitative estimate of drug-likeness (QED) is 0.450. The largest absolute Gasteiger partial charge is 0.366 e. The van der Waals surface area contributed by atoms with Crippen LogP contribution in [0.1, 0.15) is 12.8 Å². The van der Waals surface area contributed by atoms with Crippen LogP contribution in [0.25, 0.3) is 27.8 Å². The molecule has 8 nitrogen and oxygen atoms in total. The molecule has 1 spiro atoms. The van der Waals surface area contributed by atoms with Gasteiger partial charge in [-0.2, -0.15) is 5.10 Å². The minimum Gasteiger partial charge on any atom is -0.366 e. The highest BCUT2D eigenvalue weighted by molar-refractivity contribution is 6.36. The Morgan fingerprint density at radius 1 is 1.22 bits per heavy atom. The number of hydrogen-bond acceptors (Lipinski definition) is 5. The number of alkyl halides is 2. The van der Waals surface area contributed by atoms with Crippen LogP contribution in [0.15, 0.2) is 24.8 Å². The Kier molecular flexibility index (Phi) is 3.84. The van der Waals surface area contributed by atoms with Crippen molar-refractivity contribution in [2.24, 2.45) is 5.41 Å². The third-order valence-electron chi connectivity index (χ3n) is 6.21. The van der Waals surface area contributed by atoms with E-state index in [0.717, 1.165) is 0 Å². The summed E-state index contributed by atoms with van der Waals surface area (Å²) in [5, 5.41) is 9.77. The van der Waals surface area contributed by atoms with E-state index >= 15 is 4.39 Å². The topological polar surface area (TPSA) is 91.2 Å². The normalized spacial score (nSPS) is 18.7. The summed E-state index contributed by atoms with van der Waals surface area (Å²) in [5.74, 6) is -2.95. The van der Waals surface area contributed by atoms with E-state index in [1.807, 2.05) is 0 Å². The van der Waals surface area contributed by atoms with Crippen molar-refractivity contribution in [3.63, 3.8) is 0 Å². The van der Waals surface area contributed by atoms with Gasteiger partial charge in [0.2, 0.25) is 12.3 Å². The third kappa shape index (κ3) is 2.70. The lowest BCUT2D eigenvalue weighted by molar-refractivity contribution is -0.170. The molecule has 1 aromatic carbocycles. The molecule has 2 fully saturated rings. The predicted octanol–water partition coefficient (Wildman–Crippen LogP) is 3.87. The Bertz CT molecular complexity index is 1400. The molecule has 0 bridgehead atoms. The molecular formula is C20H15ClF3N7O. The van der Waals surface area contributed by atoms with Crippen LogP contribution in [0, 0.1) is 11.2 Å². The fraction of sp³-hybridized carbons (Fsp3) is 0.300. The van der Waals surface area contributed by atoms with Gasteiger partial charge in [-0.1, -0.05) is 11.6 Å². The number of anilines is 2. The van der Waals surface area contributed by atoms with Crippen LogP contribution in [0.2, 0.25) is 5.02 Å².